The van der Waals surface area contributed by atoms with Gasteiger partial charge in [-0.1, -0.05) is 19.1 Å². The van der Waals surface area contributed by atoms with Crippen LogP contribution >= 0.6 is 0 Å². The maximum absolute atomic E-state index is 12.1. The number of carbonyl (C=O) groups is 2. The maximum atomic E-state index is 12.1. The zero-order valence-electron chi connectivity index (χ0n) is 14.4. The highest BCUT2D eigenvalue weighted by atomic mass is 16.3. The molecule has 1 aromatic carbocycles. The van der Waals surface area contributed by atoms with Gasteiger partial charge < -0.3 is 15.1 Å². The first-order chi connectivity index (χ1) is 12.7. The third-order valence-electron chi connectivity index (χ3n) is 4.00. The van der Waals surface area contributed by atoms with E-state index in [-0.39, 0.29) is 12.6 Å². The van der Waals surface area contributed by atoms with Gasteiger partial charge in [0, 0.05) is 24.6 Å². The molecular formula is C19H20N4O3. The maximum Gasteiger partial charge on any atom is 0.313 e. The standard InChI is InChI=1S/C19H20N4O3/c1-2-14-6-8-15(9-7-14)22-19(25)18(24)20-13-16(17-5-3-12-26-17)23-11-4-10-21-23/h3-12,16H,2,13H2,1H3,(H,20,24)(H,22,25). The Morgan fingerprint density at radius 3 is 2.58 bits per heavy atom. The molecule has 134 valence electrons. The highest BCUT2D eigenvalue weighted by Crippen LogP contribution is 2.17. The van der Waals surface area contributed by atoms with E-state index in [4.69, 9.17) is 4.42 Å². The summed E-state index contributed by atoms with van der Waals surface area (Å²) in [6.07, 6.45) is 5.88. The molecule has 3 aromatic rings. The van der Waals surface area contributed by atoms with Gasteiger partial charge in [-0.15, -0.1) is 0 Å². The number of amides is 2. The highest BCUT2D eigenvalue weighted by molar-refractivity contribution is 6.39. The third kappa shape index (κ3) is 4.18. The summed E-state index contributed by atoms with van der Waals surface area (Å²) in [4.78, 5) is 24.2. The Balaban J connectivity index is 1.60. The summed E-state index contributed by atoms with van der Waals surface area (Å²) >= 11 is 0. The van der Waals surface area contributed by atoms with E-state index < -0.39 is 11.8 Å². The lowest BCUT2D eigenvalue weighted by molar-refractivity contribution is -0.136. The van der Waals surface area contributed by atoms with Crippen LogP contribution in [0.2, 0.25) is 0 Å². The topological polar surface area (TPSA) is 89.2 Å². The van der Waals surface area contributed by atoms with E-state index in [1.165, 1.54) is 0 Å². The number of carbonyl (C=O) groups excluding carboxylic acids is 2. The van der Waals surface area contributed by atoms with E-state index >= 15 is 0 Å². The van der Waals surface area contributed by atoms with Crippen LogP contribution in [0.5, 0.6) is 0 Å². The van der Waals surface area contributed by atoms with Crippen molar-refractivity contribution in [3.8, 4) is 0 Å². The Hall–Kier alpha value is -3.35. The highest BCUT2D eigenvalue weighted by Gasteiger charge is 2.20. The van der Waals surface area contributed by atoms with E-state index in [1.54, 1.807) is 53.7 Å². The summed E-state index contributed by atoms with van der Waals surface area (Å²) in [5, 5.41) is 9.40. The average Bonchev–Trinajstić information content (AvgIpc) is 3.37. The quantitative estimate of drug-likeness (QED) is 0.667. The molecule has 0 aliphatic heterocycles. The monoisotopic (exact) mass is 352 g/mol. The Kier molecular flexibility index (Phi) is 5.48. The lowest BCUT2D eigenvalue weighted by Gasteiger charge is -2.16. The molecule has 2 amide bonds. The molecule has 26 heavy (non-hydrogen) atoms. The van der Waals surface area contributed by atoms with E-state index in [9.17, 15) is 9.59 Å². The largest absolute Gasteiger partial charge is 0.467 e. The minimum atomic E-state index is -0.715. The van der Waals surface area contributed by atoms with Crippen LogP contribution in [0.4, 0.5) is 5.69 Å². The van der Waals surface area contributed by atoms with Crippen molar-refractivity contribution >= 4 is 17.5 Å². The predicted molar refractivity (Wildman–Crippen MR) is 96.5 cm³/mol. The van der Waals surface area contributed by atoms with E-state index in [0.717, 1.165) is 12.0 Å². The predicted octanol–water partition coefficient (Wildman–Crippen LogP) is 2.38. The SMILES string of the molecule is CCc1ccc(NC(=O)C(=O)NCC(c2ccco2)n2cccn2)cc1. The number of nitrogens with zero attached hydrogens (tertiary/aromatic N) is 2. The van der Waals surface area contributed by atoms with Gasteiger partial charge in [-0.2, -0.15) is 5.10 Å². The number of aryl methyl sites for hydroxylation is 1. The lowest BCUT2D eigenvalue weighted by Crippen LogP contribution is -2.38. The molecule has 7 heteroatoms. The summed E-state index contributed by atoms with van der Waals surface area (Å²) in [6.45, 7) is 2.23. The summed E-state index contributed by atoms with van der Waals surface area (Å²) in [6, 6.07) is 12.4. The van der Waals surface area contributed by atoms with Gasteiger partial charge in [-0.3, -0.25) is 14.3 Å². The first kappa shape index (κ1) is 17.5. The van der Waals surface area contributed by atoms with Crippen LogP contribution in [-0.4, -0.2) is 28.1 Å². The minimum absolute atomic E-state index is 0.177. The molecule has 2 N–H and O–H groups in total. The van der Waals surface area contributed by atoms with Gasteiger partial charge in [0.2, 0.25) is 0 Å². The van der Waals surface area contributed by atoms with Gasteiger partial charge in [-0.25, -0.2) is 0 Å². The Bertz CT molecular complexity index is 805. The molecule has 3 rings (SSSR count). The van der Waals surface area contributed by atoms with Gasteiger partial charge in [-0.05, 0) is 42.3 Å². The molecule has 1 unspecified atom stereocenters. The second kappa shape index (κ2) is 8.15. The Labute approximate surface area is 151 Å². The molecule has 0 fully saturated rings. The van der Waals surface area contributed by atoms with Crippen molar-refractivity contribution in [2.75, 3.05) is 11.9 Å². The second-order valence-electron chi connectivity index (χ2n) is 5.73. The first-order valence-electron chi connectivity index (χ1n) is 8.38. The van der Waals surface area contributed by atoms with Crippen LogP contribution in [0.3, 0.4) is 0 Å². The van der Waals surface area contributed by atoms with Crippen molar-refractivity contribution in [3.63, 3.8) is 0 Å². The molecule has 2 heterocycles. The molecule has 7 nitrogen and oxygen atoms in total. The molecule has 0 aliphatic carbocycles. The zero-order chi connectivity index (χ0) is 18.4. The Morgan fingerprint density at radius 2 is 1.96 bits per heavy atom. The number of hydrogen-bond acceptors (Lipinski definition) is 4. The molecular weight excluding hydrogens is 332 g/mol. The number of hydrogen-bond donors (Lipinski definition) is 2. The van der Waals surface area contributed by atoms with E-state index in [1.807, 2.05) is 12.1 Å². The van der Waals surface area contributed by atoms with E-state index in [0.29, 0.717) is 11.4 Å². The van der Waals surface area contributed by atoms with Crippen LogP contribution < -0.4 is 10.6 Å². The van der Waals surface area contributed by atoms with Gasteiger partial charge in [0.05, 0.1) is 6.26 Å². The molecule has 0 radical (unpaired) electrons. The van der Waals surface area contributed by atoms with Crippen LogP contribution in [0, 0.1) is 0 Å². The number of furan rings is 1. The van der Waals surface area contributed by atoms with Crippen LogP contribution in [0.1, 0.15) is 24.3 Å². The molecule has 0 bridgehead atoms. The molecule has 1 atom stereocenters. The van der Waals surface area contributed by atoms with Crippen molar-refractivity contribution in [1.29, 1.82) is 0 Å². The number of nitrogens with one attached hydrogen (secondary N) is 2. The average molecular weight is 352 g/mol. The summed E-state index contributed by atoms with van der Waals surface area (Å²) < 4.78 is 7.08. The first-order valence-corrected chi connectivity index (χ1v) is 8.38. The fraction of sp³-hybridized carbons (Fsp3) is 0.211. The molecule has 2 aromatic heterocycles. The normalized spacial score (nSPS) is 11.7. The van der Waals surface area contributed by atoms with Gasteiger partial charge in [0.25, 0.3) is 0 Å². The molecule has 0 saturated heterocycles. The number of rotatable bonds is 6. The summed E-state index contributed by atoms with van der Waals surface area (Å²) in [7, 11) is 0. The van der Waals surface area contributed by atoms with Crippen molar-refractivity contribution in [2.24, 2.45) is 0 Å². The lowest BCUT2D eigenvalue weighted by atomic mass is 10.1. The van der Waals surface area contributed by atoms with Crippen molar-refractivity contribution in [3.05, 3.63) is 72.4 Å². The fourth-order valence-corrected chi connectivity index (χ4v) is 2.55. The van der Waals surface area contributed by atoms with Gasteiger partial charge in [0.15, 0.2) is 0 Å². The van der Waals surface area contributed by atoms with Crippen molar-refractivity contribution < 1.29 is 14.0 Å². The second-order valence-corrected chi connectivity index (χ2v) is 5.73. The van der Waals surface area contributed by atoms with Gasteiger partial charge >= 0.3 is 11.8 Å². The molecule has 0 saturated carbocycles. The smallest absolute Gasteiger partial charge is 0.313 e. The summed E-state index contributed by atoms with van der Waals surface area (Å²) in [5.41, 5.74) is 1.74. The molecule has 0 spiro atoms. The van der Waals surface area contributed by atoms with E-state index in [2.05, 4.69) is 22.7 Å². The fourth-order valence-electron chi connectivity index (χ4n) is 2.55. The van der Waals surface area contributed by atoms with Gasteiger partial charge in [0.1, 0.15) is 11.8 Å². The number of anilines is 1. The molecule has 0 aliphatic rings. The third-order valence-corrected chi connectivity index (χ3v) is 4.00. The minimum Gasteiger partial charge on any atom is -0.467 e. The zero-order valence-corrected chi connectivity index (χ0v) is 14.4. The number of aromatic nitrogens is 2. The summed E-state index contributed by atoms with van der Waals surface area (Å²) in [5.74, 6) is -0.786. The van der Waals surface area contributed by atoms with Crippen molar-refractivity contribution in [2.45, 2.75) is 19.4 Å². The van der Waals surface area contributed by atoms with Crippen LogP contribution in [-0.2, 0) is 16.0 Å². The van der Waals surface area contributed by atoms with Crippen LogP contribution in [0.15, 0.2) is 65.5 Å². The Morgan fingerprint density at radius 1 is 1.15 bits per heavy atom. The van der Waals surface area contributed by atoms with Crippen LogP contribution in [0.25, 0.3) is 0 Å². The van der Waals surface area contributed by atoms with Crippen molar-refractivity contribution in [1.82, 2.24) is 15.1 Å². The number of benzene rings is 1.